The highest BCUT2D eigenvalue weighted by Crippen LogP contribution is 1.91. The third kappa shape index (κ3) is 5.09. The Kier molecular flexibility index (Phi) is 4.19. The lowest BCUT2D eigenvalue weighted by Crippen LogP contribution is -2.32. The van der Waals surface area contributed by atoms with Crippen LogP contribution in [0.15, 0.2) is 0 Å². The normalized spacial score (nSPS) is 11.2. The molecular weight excluding hydrogens is 182 g/mol. The van der Waals surface area contributed by atoms with Crippen LogP contribution >= 0.6 is 0 Å². The average molecular weight is 195 g/mol. The van der Waals surface area contributed by atoms with Crippen LogP contribution in [0.1, 0.15) is 13.8 Å². The minimum Gasteiger partial charge on any atom is -0.342 e. The molecule has 0 aromatic rings. The van der Waals surface area contributed by atoms with Crippen LogP contribution in [0.4, 0.5) is 0 Å². The molecule has 0 aromatic heterocycles. The van der Waals surface area contributed by atoms with Crippen molar-refractivity contribution in [1.29, 1.82) is 0 Å². The summed E-state index contributed by atoms with van der Waals surface area (Å²) in [4.78, 5) is 12.1. The number of carbonyl (C=O) groups excluding carboxylic acids is 1. The van der Waals surface area contributed by atoms with Gasteiger partial charge in [-0.15, -0.1) is 0 Å². The second kappa shape index (κ2) is 4.42. The summed E-state index contributed by atoms with van der Waals surface area (Å²) in [6, 6.07) is 0. The molecule has 0 aliphatic heterocycles. The summed E-state index contributed by atoms with van der Waals surface area (Å²) in [5.41, 5.74) is 0. The predicted octanol–water partition coefficient (Wildman–Crippen LogP) is -0.257. The van der Waals surface area contributed by atoms with Crippen molar-refractivity contribution in [2.24, 2.45) is 0 Å². The zero-order valence-electron chi connectivity index (χ0n) is 7.15. The SMILES string of the molecule is CCN(CCS(=O)(=O)O)C(C)=O. The topological polar surface area (TPSA) is 74.7 Å². The Balaban J connectivity index is 3.98. The Labute approximate surface area is 72.1 Å². The predicted molar refractivity (Wildman–Crippen MR) is 44.3 cm³/mol. The largest absolute Gasteiger partial charge is 0.342 e. The van der Waals surface area contributed by atoms with E-state index >= 15 is 0 Å². The van der Waals surface area contributed by atoms with Crippen molar-refractivity contribution < 1.29 is 17.8 Å². The van der Waals surface area contributed by atoms with E-state index in [2.05, 4.69) is 0 Å². The van der Waals surface area contributed by atoms with Crippen LogP contribution in [0.3, 0.4) is 0 Å². The Morgan fingerprint density at radius 1 is 1.50 bits per heavy atom. The molecule has 0 spiro atoms. The van der Waals surface area contributed by atoms with E-state index in [1.807, 2.05) is 0 Å². The minimum atomic E-state index is -3.96. The molecule has 0 bridgehead atoms. The summed E-state index contributed by atoms with van der Waals surface area (Å²) >= 11 is 0. The molecule has 0 saturated carbocycles. The van der Waals surface area contributed by atoms with E-state index < -0.39 is 15.9 Å². The van der Waals surface area contributed by atoms with E-state index in [-0.39, 0.29) is 12.5 Å². The molecule has 1 amide bonds. The fourth-order valence-electron chi connectivity index (χ4n) is 0.764. The smallest absolute Gasteiger partial charge is 0.266 e. The van der Waals surface area contributed by atoms with Crippen molar-refractivity contribution in [3.8, 4) is 0 Å². The molecule has 1 N–H and O–H groups in total. The van der Waals surface area contributed by atoms with Gasteiger partial charge in [-0.3, -0.25) is 9.35 Å². The Morgan fingerprint density at radius 3 is 2.25 bits per heavy atom. The van der Waals surface area contributed by atoms with Crippen molar-refractivity contribution in [1.82, 2.24) is 4.90 Å². The van der Waals surface area contributed by atoms with Gasteiger partial charge in [0.05, 0.1) is 5.75 Å². The van der Waals surface area contributed by atoms with Gasteiger partial charge in [0.15, 0.2) is 0 Å². The molecule has 0 atom stereocenters. The number of rotatable bonds is 4. The number of carbonyl (C=O) groups is 1. The first-order chi connectivity index (χ1) is 5.37. The van der Waals surface area contributed by atoms with Gasteiger partial charge in [-0.25, -0.2) is 0 Å². The summed E-state index contributed by atoms with van der Waals surface area (Å²) in [5.74, 6) is -0.596. The first-order valence-corrected chi connectivity index (χ1v) is 5.18. The van der Waals surface area contributed by atoms with Crippen LogP contribution in [0.5, 0.6) is 0 Å². The molecule has 0 aliphatic carbocycles. The highest BCUT2D eigenvalue weighted by Gasteiger charge is 2.10. The second-order valence-electron chi connectivity index (χ2n) is 2.38. The number of amides is 1. The van der Waals surface area contributed by atoms with E-state index in [4.69, 9.17) is 4.55 Å². The molecule has 0 saturated heterocycles. The van der Waals surface area contributed by atoms with Crippen molar-refractivity contribution in [3.63, 3.8) is 0 Å². The summed E-state index contributed by atoms with van der Waals surface area (Å²) in [6.45, 7) is 3.59. The molecule has 72 valence electrons. The molecular formula is C6H13NO4S. The lowest BCUT2D eigenvalue weighted by molar-refractivity contribution is -0.128. The first kappa shape index (κ1) is 11.4. The molecule has 0 aliphatic rings. The zero-order chi connectivity index (χ0) is 9.78. The van der Waals surface area contributed by atoms with Gasteiger partial charge < -0.3 is 4.90 Å². The third-order valence-corrected chi connectivity index (χ3v) is 2.14. The van der Waals surface area contributed by atoms with Crippen LogP contribution in [0, 0.1) is 0 Å². The van der Waals surface area contributed by atoms with Gasteiger partial charge in [0.2, 0.25) is 5.91 Å². The molecule has 12 heavy (non-hydrogen) atoms. The maximum absolute atomic E-state index is 10.7. The van der Waals surface area contributed by atoms with Crippen molar-refractivity contribution in [3.05, 3.63) is 0 Å². The molecule has 0 radical (unpaired) electrons. The molecule has 0 rings (SSSR count). The van der Waals surface area contributed by atoms with E-state index in [9.17, 15) is 13.2 Å². The lowest BCUT2D eigenvalue weighted by atomic mass is 10.5. The van der Waals surface area contributed by atoms with Crippen LogP contribution in [0.25, 0.3) is 0 Å². The maximum atomic E-state index is 10.7. The van der Waals surface area contributed by atoms with E-state index in [1.54, 1.807) is 6.92 Å². The highest BCUT2D eigenvalue weighted by molar-refractivity contribution is 7.85. The van der Waals surface area contributed by atoms with Gasteiger partial charge in [0.25, 0.3) is 10.1 Å². The summed E-state index contributed by atoms with van der Waals surface area (Å²) in [6.07, 6.45) is 0. The lowest BCUT2D eigenvalue weighted by Gasteiger charge is -2.17. The van der Waals surface area contributed by atoms with Gasteiger partial charge in [0, 0.05) is 20.0 Å². The Bertz CT molecular complexity index is 246. The third-order valence-electron chi connectivity index (χ3n) is 1.45. The Hall–Kier alpha value is -0.620. The van der Waals surface area contributed by atoms with Crippen molar-refractivity contribution in [2.75, 3.05) is 18.8 Å². The Morgan fingerprint density at radius 2 is 2.00 bits per heavy atom. The van der Waals surface area contributed by atoms with Crippen LogP contribution in [-0.4, -0.2) is 42.6 Å². The molecule has 6 heteroatoms. The number of hydrogen-bond acceptors (Lipinski definition) is 3. The fraction of sp³-hybridized carbons (Fsp3) is 0.833. The number of nitrogens with zero attached hydrogens (tertiary/aromatic N) is 1. The molecule has 0 aromatic carbocycles. The second-order valence-corrected chi connectivity index (χ2v) is 3.96. The van der Waals surface area contributed by atoms with Crippen LogP contribution in [-0.2, 0) is 14.9 Å². The first-order valence-electron chi connectivity index (χ1n) is 3.57. The van der Waals surface area contributed by atoms with Gasteiger partial charge in [-0.05, 0) is 6.92 Å². The summed E-state index contributed by atoms with van der Waals surface area (Å²) in [7, 11) is -3.96. The van der Waals surface area contributed by atoms with Crippen molar-refractivity contribution >= 4 is 16.0 Å². The monoisotopic (exact) mass is 195 g/mol. The summed E-state index contributed by atoms with van der Waals surface area (Å²) < 4.78 is 29.0. The molecule has 0 heterocycles. The standard InChI is InChI=1S/C6H13NO4S/c1-3-7(6(2)8)4-5-12(9,10)11/h3-5H2,1-2H3,(H,9,10,11). The zero-order valence-corrected chi connectivity index (χ0v) is 7.97. The maximum Gasteiger partial charge on any atom is 0.266 e. The fourth-order valence-corrected chi connectivity index (χ4v) is 1.21. The van der Waals surface area contributed by atoms with Crippen molar-refractivity contribution in [2.45, 2.75) is 13.8 Å². The van der Waals surface area contributed by atoms with Gasteiger partial charge >= 0.3 is 0 Å². The van der Waals surface area contributed by atoms with Crippen LogP contribution < -0.4 is 0 Å². The van der Waals surface area contributed by atoms with E-state index in [0.717, 1.165) is 0 Å². The van der Waals surface area contributed by atoms with Gasteiger partial charge in [0.1, 0.15) is 0 Å². The van der Waals surface area contributed by atoms with Crippen LogP contribution in [0.2, 0.25) is 0 Å². The quantitative estimate of drug-likeness (QED) is 0.627. The molecule has 0 fully saturated rings. The highest BCUT2D eigenvalue weighted by atomic mass is 32.2. The molecule has 0 unspecified atom stereocenters. The summed E-state index contributed by atoms with van der Waals surface area (Å²) in [5, 5.41) is 0. The number of hydrogen-bond donors (Lipinski definition) is 1. The van der Waals surface area contributed by atoms with E-state index in [0.29, 0.717) is 6.54 Å². The molecule has 5 nitrogen and oxygen atoms in total. The van der Waals surface area contributed by atoms with Gasteiger partial charge in [-0.1, -0.05) is 0 Å². The average Bonchev–Trinajstić information content (AvgIpc) is 1.85. The van der Waals surface area contributed by atoms with E-state index in [1.165, 1.54) is 11.8 Å². The minimum absolute atomic E-state index is 0.0463. The van der Waals surface area contributed by atoms with Gasteiger partial charge in [-0.2, -0.15) is 8.42 Å².